The Hall–Kier alpha value is -2.14. The van der Waals surface area contributed by atoms with Crippen LogP contribution in [0.4, 0.5) is 0 Å². The molecule has 0 aliphatic carbocycles. The van der Waals surface area contributed by atoms with Gasteiger partial charge in [-0.05, 0) is 30.7 Å². The second-order valence-corrected chi connectivity index (χ2v) is 6.05. The summed E-state index contributed by atoms with van der Waals surface area (Å²) in [5.41, 5.74) is 6.85. The van der Waals surface area contributed by atoms with Gasteiger partial charge in [0.15, 0.2) is 5.76 Å². The van der Waals surface area contributed by atoms with Gasteiger partial charge in [0, 0.05) is 11.6 Å². The third-order valence-corrected chi connectivity index (χ3v) is 4.16. The number of benzene rings is 1. The molecule has 0 saturated heterocycles. The van der Waals surface area contributed by atoms with Gasteiger partial charge in [-0.25, -0.2) is 13.1 Å². The molecule has 3 N–H and O–H groups in total. The molecule has 0 aliphatic heterocycles. The molecule has 1 aromatic carbocycles. The molecular weight excluding hydrogens is 290 g/mol. The number of aromatic nitrogens is 1. The number of nitrogens with one attached hydrogen (secondary N) is 1. The molecule has 0 saturated carbocycles. The van der Waals surface area contributed by atoms with Gasteiger partial charge in [-0.3, -0.25) is 0 Å². The van der Waals surface area contributed by atoms with Crippen LogP contribution in [0.5, 0.6) is 0 Å². The predicted octanol–water partition coefficient (Wildman–Crippen LogP) is 0.772. The molecule has 21 heavy (non-hydrogen) atoms. The number of nitrogens with two attached hydrogens (primary N) is 1. The largest absolute Gasteiger partial charge is 0.360 e. The highest BCUT2D eigenvalue weighted by molar-refractivity contribution is 7.89. The molecule has 0 bridgehead atoms. The van der Waals surface area contributed by atoms with Crippen molar-refractivity contribution in [1.82, 2.24) is 9.88 Å². The zero-order valence-corrected chi connectivity index (χ0v) is 12.3. The third kappa shape index (κ3) is 3.92. The van der Waals surface area contributed by atoms with Gasteiger partial charge in [0.25, 0.3) is 0 Å². The van der Waals surface area contributed by atoms with Crippen LogP contribution in [-0.2, 0) is 16.6 Å². The number of hydrogen-bond acceptors (Lipinski definition) is 5. The molecule has 0 spiro atoms. The lowest BCUT2D eigenvalue weighted by molar-refractivity contribution is 0.380. The fourth-order valence-corrected chi connectivity index (χ4v) is 2.75. The summed E-state index contributed by atoms with van der Waals surface area (Å²) in [5.74, 6) is 6.08. The Balaban J connectivity index is 2.18. The summed E-state index contributed by atoms with van der Waals surface area (Å²) in [6.45, 7) is 2.12. The van der Waals surface area contributed by atoms with Crippen LogP contribution >= 0.6 is 0 Å². The molecular formula is C14H15N3O3S. The van der Waals surface area contributed by atoms with Crippen molar-refractivity contribution in [3.63, 3.8) is 0 Å². The van der Waals surface area contributed by atoms with Crippen molar-refractivity contribution in [2.24, 2.45) is 5.73 Å². The Morgan fingerprint density at radius 1 is 1.38 bits per heavy atom. The van der Waals surface area contributed by atoms with Gasteiger partial charge in [-0.1, -0.05) is 17.0 Å². The summed E-state index contributed by atoms with van der Waals surface area (Å²) in [5, 5.41) is 3.51. The topological polar surface area (TPSA) is 98.2 Å². The first-order valence-electron chi connectivity index (χ1n) is 6.22. The van der Waals surface area contributed by atoms with E-state index in [0.717, 1.165) is 11.1 Å². The highest BCUT2D eigenvalue weighted by atomic mass is 32.2. The van der Waals surface area contributed by atoms with Gasteiger partial charge < -0.3 is 10.3 Å². The summed E-state index contributed by atoms with van der Waals surface area (Å²) in [6.07, 6.45) is 1.46. The monoisotopic (exact) mass is 305 g/mol. The normalized spacial score (nSPS) is 11.0. The lowest BCUT2D eigenvalue weighted by Gasteiger charge is -2.07. The summed E-state index contributed by atoms with van der Waals surface area (Å²) in [4.78, 5) is 0.179. The molecule has 1 aromatic heterocycles. The Morgan fingerprint density at radius 2 is 2.19 bits per heavy atom. The fraction of sp³-hybridized carbons (Fsp3) is 0.214. The van der Waals surface area contributed by atoms with Crippen LogP contribution in [0.15, 0.2) is 39.9 Å². The maximum Gasteiger partial charge on any atom is 0.240 e. The number of sulfonamides is 1. The number of hydrogen-bond donors (Lipinski definition) is 2. The van der Waals surface area contributed by atoms with E-state index >= 15 is 0 Å². The quantitative estimate of drug-likeness (QED) is 0.813. The van der Waals surface area contributed by atoms with Crippen molar-refractivity contribution < 1.29 is 12.9 Å². The summed E-state index contributed by atoms with van der Waals surface area (Å²) in [7, 11) is -3.61. The second kappa shape index (κ2) is 6.54. The van der Waals surface area contributed by atoms with E-state index < -0.39 is 10.0 Å². The molecule has 7 heteroatoms. The molecule has 2 rings (SSSR count). The van der Waals surface area contributed by atoms with Gasteiger partial charge >= 0.3 is 0 Å². The van der Waals surface area contributed by atoms with Crippen LogP contribution in [0.3, 0.4) is 0 Å². The maximum atomic E-state index is 12.2. The molecule has 0 aliphatic rings. The van der Waals surface area contributed by atoms with Crippen molar-refractivity contribution in [2.45, 2.75) is 18.4 Å². The van der Waals surface area contributed by atoms with Crippen molar-refractivity contribution in [3.05, 3.63) is 47.3 Å². The Bertz CT molecular complexity index is 772. The molecule has 110 valence electrons. The minimum absolute atomic E-state index is 0.0517. The van der Waals surface area contributed by atoms with Crippen molar-refractivity contribution in [1.29, 1.82) is 0 Å². The standard InChI is InChI=1S/C14H15N3O3S/c1-11-9-14(5-4-12(11)3-2-7-15)21(18,19)17-10-13-6-8-16-20-13/h4-6,8-9,17H,7,10,15H2,1H3. The molecule has 6 nitrogen and oxygen atoms in total. The van der Waals surface area contributed by atoms with E-state index in [9.17, 15) is 8.42 Å². The van der Waals surface area contributed by atoms with Gasteiger partial charge in [0.2, 0.25) is 10.0 Å². The lowest BCUT2D eigenvalue weighted by Crippen LogP contribution is -2.23. The van der Waals surface area contributed by atoms with E-state index in [-0.39, 0.29) is 18.0 Å². The molecule has 2 aromatic rings. The minimum Gasteiger partial charge on any atom is -0.360 e. The van der Waals surface area contributed by atoms with E-state index in [1.54, 1.807) is 25.1 Å². The first-order chi connectivity index (χ1) is 10.0. The second-order valence-electron chi connectivity index (χ2n) is 4.29. The zero-order valence-electron chi connectivity index (χ0n) is 11.5. The Kier molecular flexibility index (Phi) is 4.75. The van der Waals surface area contributed by atoms with Crippen LogP contribution in [0, 0.1) is 18.8 Å². The van der Waals surface area contributed by atoms with E-state index in [0.29, 0.717) is 5.76 Å². The van der Waals surface area contributed by atoms with Crippen LogP contribution in [-0.4, -0.2) is 20.1 Å². The van der Waals surface area contributed by atoms with E-state index in [1.807, 2.05) is 0 Å². The van der Waals surface area contributed by atoms with Crippen LogP contribution in [0.2, 0.25) is 0 Å². The smallest absolute Gasteiger partial charge is 0.240 e. The average Bonchev–Trinajstić information content (AvgIpc) is 2.97. The van der Waals surface area contributed by atoms with Gasteiger partial charge in [0.05, 0.1) is 24.2 Å². The lowest BCUT2D eigenvalue weighted by atomic mass is 10.1. The van der Waals surface area contributed by atoms with Crippen LogP contribution in [0.25, 0.3) is 0 Å². The molecule has 0 fully saturated rings. The van der Waals surface area contributed by atoms with Crippen molar-refractivity contribution >= 4 is 10.0 Å². The Morgan fingerprint density at radius 3 is 2.81 bits per heavy atom. The van der Waals surface area contributed by atoms with E-state index in [1.165, 1.54) is 12.3 Å². The van der Waals surface area contributed by atoms with Crippen LogP contribution < -0.4 is 10.5 Å². The molecule has 0 amide bonds. The Labute approximate surface area is 123 Å². The van der Waals surface area contributed by atoms with E-state index in [4.69, 9.17) is 10.3 Å². The maximum absolute atomic E-state index is 12.2. The fourth-order valence-electron chi connectivity index (χ4n) is 1.67. The number of nitrogens with zero attached hydrogens (tertiary/aromatic N) is 1. The third-order valence-electron chi connectivity index (χ3n) is 2.76. The van der Waals surface area contributed by atoms with Crippen LogP contribution in [0.1, 0.15) is 16.9 Å². The molecule has 1 heterocycles. The molecule has 0 atom stereocenters. The minimum atomic E-state index is -3.61. The highest BCUT2D eigenvalue weighted by Gasteiger charge is 2.15. The predicted molar refractivity (Wildman–Crippen MR) is 77.6 cm³/mol. The van der Waals surface area contributed by atoms with Gasteiger partial charge in [-0.2, -0.15) is 0 Å². The van der Waals surface area contributed by atoms with Crippen molar-refractivity contribution in [2.75, 3.05) is 6.54 Å². The summed E-state index contributed by atoms with van der Waals surface area (Å²) in [6, 6.07) is 6.35. The zero-order chi connectivity index (χ0) is 15.3. The molecule has 0 radical (unpaired) electrons. The van der Waals surface area contributed by atoms with Crippen molar-refractivity contribution in [3.8, 4) is 11.8 Å². The summed E-state index contributed by atoms with van der Waals surface area (Å²) >= 11 is 0. The number of rotatable bonds is 4. The SMILES string of the molecule is Cc1cc(S(=O)(=O)NCc2ccno2)ccc1C#CCN. The van der Waals surface area contributed by atoms with Gasteiger partial charge in [-0.15, -0.1) is 0 Å². The van der Waals surface area contributed by atoms with Gasteiger partial charge in [0.1, 0.15) is 0 Å². The summed E-state index contributed by atoms with van der Waals surface area (Å²) < 4.78 is 31.6. The molecule has 0 unspecified atom stereocenters. The highest BCUT2D eigenvalue weighted by Crippen LogP contribution is 2.15. The average molecular weight is 305 g/mol. The first-order valence-corrected chi connectivity index (χ1v) is 7.70. The first kappa shape index (κ1) is 15.3. The number of aryl methyl sites for hydroxylation is 1. The van der Waals surface area contributed by atoms with E-state index in [2.05, 4.69) is 21.7 Å².